The molecule has 0 rings (SSSR count). The van der Waals surface area contributed by atoms with Crippen LogP contribution in [-0.2, 0) is 4.79 Å². The summed E-state index contributed by atoms with van der Waals surface area (Å²) in [5.41, 5.74) is 0. The SMILES string of the molecule is CCCCCCCCC\C=C/C=C/C=C/C=C/C=C\C=C\C(=O)O. The summed E-state index contributed by atoms with van der Waals surface area (Å²) in [4.78, 5) is 10.2. The number of carboxylic acids is 1. The lowest BCUT2D eigenvalue weighted by molar-refractivity contribution is -0.131. The van der Waals surface area contributed by atoms with Gasteiger partial charge in [0, 0.05) is 6.08 Å². The van der Waals surface area contributed by atoms with E-state index in [1.807, 2.05) is 36.5 Å². The molecule has 0 unspecified atom stereocenters. The van der Waals surface area contributed by atoms with Crippen LogP contribution in [0.5, 0.6) is 0 Å². The third-order valence-electron chi connectivity index (χ3n) is 3.35. The van der Waals surface area contributed by atoms with E-state index in [9.17, 15) is 4.79 Å². The third kappa shape index (κ3) is 19.9. The summed E-state index contributed by atoms with van der Waals surface area (Å²) in [7, 11) is 0. The predicted octanol–water partition coefficient (Wildman–Crippen LogP) is 6.55. The van der Waals surface area contributed by atoms with E-state index in [1.165, 1.54) is 51.0 Å². The maximum absolute atomic E-state index is 10.2. The maximum atomic E-state index is 10.2. The lowest BCUT2D eigenvalue weighted by Gasteiger charge is -1.98. The van der Waals surface area contributed by atoms with Crippen LogP contribution in [0.3, 0.4) is 0 Å². The molecular weight excluding hydrogens is 296 g/mol. The zero-order chi connectivity index (χ0) is 17.7. The van der Waals surface area contributed by atoms with Crippen LogP contribution in [-0.4, -0.2) is 11.1 Å². The van der Waals surface area contributed by atoms with Gasteiger partial charge in [-0.15, -0.1) is 0 Å². The van der Waals surface area contributed by atoms with Gasteiger partial charge >= 0.3 is 5.97 Å². The number of allylic oxidation sites excluding steroid dienone is 11. The van der Waals surface area contributed by atoms with Crippen LogP contribution in [0.1, 0.15) is 58.3 Å². The van der Waals surface area contributed by atoms with Crippen molar-refractivity contribution in [2.24, 2.45) is 0 Å². The van der Waals surface area contributed by atoms with Crippen LogP contribution in [0.4, 0.5) is 0 Å². The predicted molar refractivity (Wildman–Crippen MR) is 105 cm³/mol. The van der Waals surface area contributed by atoms with Crippen LogP contribution < -0.4 is 0 Å². The van der Waals surface area contributed by atoms with Crippen LogP contribution in [0.15, 0.2) is 72.9 Å². The number of carboxylic acid groups (broad SMARTS) is 1. The number of rotatable bonds is 14. The van der Waals surface area contributed by atoms with Crippen molar-refractivity contribution < 1.29 is 9.90 Å². The summed E-state index contributed by atoms with van der Waals surface area (Å²) in [6.45, 7) is 2.25. The third-order valence-corrected chi connectivity index (χ3v) is 3.35. The lowest BCUT2D eigenvalue weighted by atomic mass is 10.1. The Hall–Kier alpha value is -2.09. The highest BCUT2D eigenvalue weighted by Crippen LogP contribution is 2.08. The van der Waals surface area contributed by atoms with Crippen LogP contribution in [0.2, 0.25) is 0 Å². The van der Waals surface area contributed by atoms with E-state index in [0.717, 1.165) is 12.5 Å². The molecule has 0 aromatic rings. The smallest absolute Gasteiger partial charge is 0.328 e. The van der Waals surface area contributed by atoms with Crippen molar-refractivity contribution in [3.05, 3.63) is 72.9 Å². The van der Waals surface area contributed by atoms with Gasteiger partial charge in [0.25, 0.3) is 0 Å². The fourth-order valence-corrected chi connectivity index (χ4v) is 2.05. The molecule has 0 amide bonds. The minimum absolute atomic E-state index is 0.936. The molecule has 0 aliphatic heterocycles. The molecule has 1 N–H and O–H groups in total. The summed E-state index contributed by atoms with van der Waals surface area (Å²) >= 11 is 0. The molecule has 0 saturated carbocycles. The van der Waals surface area contributed by atoms with Gasteiger partial charge in [0.2, 0.25) is 0 Å². The van der Waals surface area contributed by atoms with Crippen LogP contribution in [0, 0.1) is 0 Å². The Bertz CT molecular complexity index is 462. The topological polar surface area (TPSA) is 37.3 Å². The Labute approximate surface area is 147 Å². The van der Waals surface area contributed by atoms with E-state index >= 15 is 0 Å². The molecule has 0 saturated heterocycles. The molecule has 0 bridgehead atoms. The van der Waals surface area contributed by atoms with Gasteiger partial charge < -0.3 is 5.11 Å². The molecule has 2 heteroatoms. The molecule has 0 aromatic heterocycles. The van der Waals surface area contributed by atoms with Crippen LogP contribution >= 0.6 is 0 Å². The number of carbonyl (C=O) groups is 1. The molecule has 132 valence electrons. The van der Waals surface area contributed by atoms with Crippen molar-refractivity contribution in [3.8, 4) is 0 Å². The van der Waals surface area contributed by atoms with Gasteiger partial charge in [-0.2, -0.15) is 0 Å². The van der Waals surface area contributed by atoms with Gasteiger partial charge in [-0.25, -0.2) is 4.79 Å². The van der Waals surface area contributed by atoms with E-state index in [-0.39, 0.29) is 0 Å². The summed E-state index contributed by atoms with van der Waals surface area (Å²) in [6, 6.07) is 0. The standard InChI is InChI=1S/C22H32O2/c1-2-3-4-5-6-7-8-9-10-11-12-13-14-15-16-17-18-19-20-21-22(23)24/h10-21H,2-9H2,1H3,(H,23,24)/b11-10-,13-12+,15-14+,17-16+,19-18-,21-20+. The van der Waals surface area contributed by atoms with Gasteiger partial charge in [-0.3, -0.25) is 0 Å². The van der Waals surface area contributed by atoms with Gasteiger partial charge in [0.1, 0.15) is 0 Å². The number of hydrogen-bond acceptors (Lipinski definition) is 1. The van der Waals surface area contributed by atoms with E-state index in [1.54, 1.807) is 12.2 Å². The quantitative estimate of drug-likeness (QED) is 0.223. The zero-order valence-corrected chi connectivity index (χ0v) is 14.9. The number of unbranched alkanes of at least 4 members (excludes halogenated alkanes) is 7. The highest BCUT2D eigenvalue weighted by atomic mass is 16.4. The summed E-state index contributed by atoms with van der Waals surface area (Å²) < 4.78 is 0. The fraction of sp³-hybridized carbons (Fsp3) is 0.409. The molecule has 0 aliphatic rings. The monoisotopic (exact) mass is 328 g/mol. The minimum atomic E-state index is -0.936. The molecule has 2 nitrogen and oxygen atoms in total. The van der Waals surface area contributed by atoms with Gasteiger partial charge in [-0.1, -0.05) is 112 Å². The fourth-order valence-electron chi connectivity index (χ4n) is 2.05. The first kappa shape index (κ1) is 21.9. The molecule has 24 heavy (non-hydrogen) atoms. The van der Waals surface area contributed by atoms with Crippen molar-refractivity contribution in [1.82, 2.24) is 0 Å². The summed E-state index contributed by atoms with van der Waals surface area (Å²) in [6.07, 6.45) is 32.7. The molecule has 0 fully saturated rings. The first-order chi connectivity index (χ1) is 11.8. The van der Waals surface area contributed by atoms with Crippen LogP contribution in [0.25, 0.3) is 0 Å². The highest BCUT2D eigenvalue weighted by Gasteiger charge is 1.88. The lowest BCUT2D eigenvalue weighted by Crippen LogP contribution is -1.84. The molecule has 0 aromatic carbocycles. The molecule has 0 spiro atoms. The summed E-state index contributed by atoms with van der Waals surface area (Å²) in [5.74, 6) is -0.936. The Morgan fingerprint density at radius 3 is 1.67 bits per heavy atom. The van der Waals surface area contributed by atoms with E-state index in [2.05, 4.69) is 19.1 Å². The van der Waals surface area contributed by atoms with Crippen molar-refractivity contribution in [3.63, 3.8) is 0 Å². The first-order valence-electron chi connectivity index (χ1n) is 9.00. The second kappa shape index (κ2) is 19.0. The second-order valence-electron chi connectivity index (χ2n) is 5.58. The average Bonchev–Trinajstić information content (AvgIpc) is 2.56. The Balaban J connectivity index is 3.57. The summed E-state index contributed by atoms with van der Waals surface area (Å²) in [5, 5.41) is 8.39. The maximum Gasteiger partial charge on any atom is 0.328 e. The molecule has 0 aliphatic carbocycles. The molecule has 0 heterocycles. The Kier molecular flexibility index (Phi) is 17.3. The minimum Gasteiger partial charge on any atom is -0.478 e. The Morgan fingerprint density at radius 1 is 0.667 bits per heavy atom. The van der Waals surface area contributed by atoms with Gasteiger partial charge in [0.05, 0.1) is 0 Å². The van der Waals surface area contributed by atoms with Gasteiger partial charge in [-0.05, 0) is 12.8 Å². The van der Waals surface area contributed by atoms with E-state index < -0.39 is 5.97 Å². The Morgan fingerprint density at radius 2 is 1.12 bits per heavy atom. The normalized spacial score (nSPS) is 13.0. The van der Waals surface area contributed by atoms with Gasteiger partial charge in [0.15, 0.2) is 0 Å². The molecular formula is C22H32O2. The van der Waals surface area contributed by atoms with E-state index in [4.69, 9.17) is 5.11 Å². The average molecular weight is 328 g/mol. The van der Waals surface area contributed by atoms with Crippen molar-refractivity contribution in [1.29, 1.82) is 0 Å². The number of aliphatic carboxylic acids is 1. The zero-order valence-electron chi connectivity index (χ0n) is 14.9. The molecule has 0 atom stereocenters. The molecule has 0 radical (unpaired) electrons. The van der Waals surface area contributed by atoms with Crippen molar-refractivity contribution >= 4 is 5.97 Å². The first-order valence-corrected chi connectivity index (χ1v) is 9.00. The van der Waals surface area contributed by atoms with Crippen molar-refractivity contribution in [2.75, 3.05) is 0 Å². The van der Waals surface area contributed by atoms with E-state index in [0.29, 0.717) is 0 Å². The second-order valence-corrected chi connectivity index (χ2v) is 5.58. The number of hydrogen-bond donors (Lipinski definition) is 1. The van der Waals surface area contributed by atoms with Crippen molar-refractivity contribution in [2.45, 2.75) is 58.3 Å². The largest absolute Gasteiger partial charge is 0.478 e. The highest BCUT2D eigenvalue weighted by molar-refractivity contribution is 5.80.